The summed E-state index contributed by atoms with van der Waals surface area (Å²) in [6.45, 7) is 7.13. The molecule has 0 atom stereocenters. The first-order valence-corrected chi connectivity index (χ1v) is 14.6. The van der Waals surface area contributed by atoms with Crippen molar-refractivity contribution in [3.05, 3.63) is 57.6 Å². The largest absolute Gasteiger partial charge is 0.493 e. The Morgan fingerprint density at radius 3 is 1.42 bits per heavy atom. The van der Waals surface area contributed by atoms with Crippen LogP contribution in [-0.4, -0.2) is 61.0 Å². The van der Waals surface area contributed by atoms with Crippen LogP contribution in [-0.2, 0) is 0 Å². The summed E-state index contributed by atoms with van der Waals surface area (Å²) in [5.74, 6) is 0.826. The van der Waals surface area contributed by atoms with Crippen LogP contribution in [0.4, 0.5) is 0 Å². The summed E-state index contributed by atoms with van der Waals surface area (Å²) in [5.41, 5.74) is 0.919. The molecule has 0 aliphatic carbocycles. The van der Waals surface area contributed by atoms with E-state index >= 15 is 0 Å². The fraction of sp³-hybridized carbons (Fsp3) is 0.533. The first-order valence-electron chi connectivity index (χ1n) is 13.9. The van der Waals surface area contributed by atoms with Gasteiger partial charge < -0.3 is 19.3 Å². The maximum atomic E-state index is 13.4. The summed E-state index contributed by atoms with van der Waals surface area (Å²) in [6.07, 6.45) is 8.73. The van der Waals surface area contributed by atoms with Crippen molar-refractivity contribution < 1.29 is 19.1 Å². The van der Waals surface area contributed by atoms with Crippen LogP contribution in [0.15, 0.2) is 36.4 Å². The third-order valence-corrected chi connectivity index (χ3v) is 7.18. The molecule has 0 radical (unpaired) electrons. The quantitative estimate of drug-likeness (QED) is 0.223. The van der Waals surface area contributed by atoms with Gasteiger partial charge in [0.25, 0.3) is 11.8 Å². The van der Waals surface area contributed by atoms with Gasteiger partial charge in [0.15, 0.2) is 0 Å². The van der Waals surface area contributed by atoms with Gasteiger partial charge in [-0.1, -0.05) is 75.6 Å². The van der Waals surface area contributed by atoms with E-state index in [2.05, 4.69) is 13.8 Å². The summed E-state index contributed by atoms with van der Waals surface area (Å²) in [7, 11) is 0. The second kappa shape index (κ2) is 15.8. The van der Waals surface area contributed by atoms with E-state index in [0.717, 1.165) is 38.5 Å². The molecule has 2 aromatic rings. The normalized spacial score (nSPS) is 13.5. The number of hydrogen-bond acceptors (Lipinski definition) is 4. The third-order valence-electron chi connectivity index (χ3n) is 6.71. The van der Waals surface area contributed by atoms with Crippen molar-refractivity contribution >= 4 is 35.0 Å². The number of benzene rings is 2. The molecule has 1 aliphatic heterocycles. The second-order valence-electron chi connectivity index (χ2n) is 9.68. The van der Waals surface area contributed by atoms with E-state index in [1.54, 1.807) is 46.2 Å². The van der Waals surface area contributed by atoms with Crippen LogP contribution in [0.5, 0.6) is 11.5 Å². The van der Waals surface area contributed by atoms with E-state index in [1.165, 1.54) is 12.8 Å². The average molecular weight is 564 g/mol. The highest BCUT2D eigenvalue weighted by molar-refractivity contribution is 6.31. The second-order valence-corrected chi connectivity index (χ2v) is 10.6. The molecule has 0 saturated carbocycles. The monoisotopic (exact) mass is 562 g/mol. The molecule has 3 rings (SSSR count). The van der Waals surface area contributed by atoms with E-state index < -0.39 is 0 Å². The minimum absolute atomic E-state index is 0.137. The van der Waals surface area contributed by atoms with Crippen LogP contribution >= 0.6 is 23.2 Å². The molecule has 1 aliphatic rings. The highest BCUT2D eigenvalue weighted by Gasteiger charge is 2.28. The number of unbranched alkanes of at least 4 members (excludes halogenated alkanes) is 6. The molecule has 0 spiro atoms. The fourth-order valence-electron chi connectivity index (χ4n) is 4.47. The van der Waals surface area contributed by atoms with Crippen molar-refractivity contribution in [2.45, 2.75) is 65.2 Å². The van der Waals surface area contributed by atoms with E-state index in [0.29, 0.717) is 72.1 Å². The maximum Gasteiger partial charge on any atom is 0.257 e. The number of piperazine rings is 1. The van der Waals surface area contributed by atoms with Crippen LogP contribution < -0.4 is 9.47 Å². The molecule has 1 heterocycles. The molecule has 2 aromatic carbocycles. The van der Waals surface area contributed by atoms with Crippen molar-refractivity contribution in [2.75, 3.05) is 39.4 Å². The number of nitrogens with zero attached hydrogens (tertiary/aromatic N) is 2. The molecular formula is C30H40Cl2N2O4. The van der Waals surface area contributed by atoms with Gasteiger partial charge in [-0.25, -0.2) is 0 Å². The zero-order valence-corrected chi connectivity index (χ0v) is 24.2. The minimum atomic E-state index is -0.137. The van der Waals surface area contributed by atoms with Crippen LogP contribution in [0, 0.1) is 0 Å². The maximum absolute atomic E-state index is 13.4. The molecule has 1 fully saturated rings. The molecule has 6 nitrogen and oxygen atoms in total. The Labute approximate surface area is 237 Å². The van der Waals surface area contributed by atoms with Gasteiger partial charge in [0.2, 0.25) is 0 Å². The molecular weight excluding hydrogens is 523 g/mol. The molecule has 38 heavy (non-hydrogen) atoms. The number of carbonyl (C=O) groups is 2. The summed E-state index contributed by atoms with van der Waals surface area (Å²) in [6, 6.07) is 10.3. The number of carbonyl (C=O) groups excluding carboxylic acids is 2. The Morgan fingerprint density at radius 2 is 1.05 bits per heavy atom. The van der Waals surface area contributed by atoms with Crippen molar-refractivity contribution in [1.29, 1.82) is 0 Å². The number of halogens is 2. The van der Waals surface area contributed by atoms with Crippen LogP contribution in [0.3, 0.4) is 0 Å². The van der Waals surface area contributed by atoms with Gasteiger partial charge in [-0.2, -0.15) is 0 Å². The van der Waals surface area contributed by atoms with Crippen molar-refractivity contribution in [1.82, 2.24) is 9.80 Å². The molecule has 0 bridgehead atoms. The molecule has 0 aromatic heterocycles. The first-order chi connectivity index (χ1) is 18.4. The summed E-state index contributed by atoms with van der Waals surface area (Å²) in [5, 5.41) is 0.979. The van der Waals surface area contributed by atoms with Gasteiger partial charge in [-0.15, -0.1) is 0 Å². The van der Waals surface area contributed by atoms with Crippen LogP contribution in [0.25, 0.3) is 0 Å². The number of rotatable bonds is 14. The average Bonchev–Trinajstić information content (AvgIpc) is 2.93. The number of hydrogen-bond donors (Lipinski definition) is 0. The molecule has 2 amide bonds. The summed E-state index contributed by atoms with van der Waals surface area (Å²) < 4.78 is 11.9. The summed E-state index contributed by atoms with van der Waals surface area (Å²) >= 11 is 12.4. The topological polar surface area (TPSA) is 59.1 Å². The lowest BCUT2D eigenvalue weighted by atomic mass is 10.1. The first kappa shape index (κ1) is 30.1. The predicted octanol–water partition coefficient (Wildman–Crippen LogP) is 7.51. The Hall–Kier alpha value is -2.44. The van der Waals surface area contributed by atoms with Gasteiger partial charge >= 0.3 is 0 Å². The third kappa shape index (κ3) is 8.81. The van der Waals surface area contributed by atoms with Crippen molar-refractivity contribution in [3.63, 3.8) is 0 Å². The Bertz CT molecular complexity index is 971. The fourth-order valence-corrected chi connectivity index (χ4v) is 4.81. The highest BCUT2D eigenvalue weighted by atomic mass is 35.5. The van der Waals surface area contributed by atoms with Crippen molar-refractivity contribution in [2.24, 2.45) is 0 Å². The molecule has 0 unspecified atom stereocenters. The lowest BCUT2D eigenvalue weighted by molar-refractivity contribution is 0.0530. The standard InChI is InChI=1S/C30H40Cl2N2O4/c1-3-5-7-9-19-37-27-13-11-23(31)21-25(27)29(35)33-15-17-34(18-16-33)30(36)26-22-24(32)12-14-28(26)38-20-10-8-6-4-2/h11-14,21-22H,3-10,15-20H2,1-2H3. The van der Waals surface area contributed by atoms with E-state index in [4.69, 9.17) is 32.7 Å². The van der Waals surface area contributed by atoms with Gasteiger partial charge in [-0.3, -0.25) is 9.59 Å². The van der Waals surface area contributed by atoms with E-state index in [1.807, 2.05) is 0 Å². The number of amides is 2. The zero-order chi connectivity index (χ0) is 27.3. The molecule has 208 valence electrons. The van der Waals surface area contributed by atoms with E-state index in [-0.39, 0.29) is 11.8 Å². The Morgan fingerprint density at radius 1 is 0.658 bits per heavy atom. The Kier molecular flexibility index (Phi) is 12.6. The van der Waals surface area contributed by atoms with Crippen LogP contribution in [0.2, 0.25) is 10.0 Å². The van der Waals surface area contributed by atoms with E-state index in [9.17, 15) is 9.59 Å². The molecule has 8 heteroatoms. The molecule has 1 saturated heterocycles. The van der Waals surface area contributed by atoms with Gasteiger partial charge in [0, 0.05) is 36.2 Å². The lowest BCUT2D eigenvalue weighted by Gasteiger charge is -2.35. The van der Waals surface area contributed by atoms with Gasteiger partial charge in [-0.05, 0) is 49.2 Å². The highest BCUT2D eigenvalue weighted by Crippen LogP contribution is 2.27. The van der Waals surface area contributed by atoms with Gasteiger partial charge in [0.05, 0.1) is 24.3 Å². The SMILES string of the molecule is CCCCCCOc1ccc(Cl)cc1C(=O)N1CCN(C(=O)c2cc(Cl)ccc2OCCCCCC)CC1. The molecule has 0 N–H and O–H groups in total. The number of ether oxygens (including phenoxy) is 2. The predicted molar refractivity (Wildman–Crippen MR) is 154 cm³/mol. The van der Waals surface area contributed by atoms with Gasteiger partial charge in [0.1, 0.15) is 11.5 Å². The summed E-state index contributed by atoms with van der Waals surface area (Å²) in [4.78, 5) is 30.3. The smallest absolute Gasteiger partial charge is 0.257 e. The Balaban J connectivity index is 1.60. The van der Waals surface area contributed by atoms with Crippen LogP contribution in [0.1, 0.15) is 85.9 Å². The van der Waals surface area contributed by atoms with Crippen molar-refractivity contribution in [3.8, 4) is 11.5 Å². The zero-order valence-electron chi connectivity index (χ0n) is 22.6. The lowest BCUT2D eigenvalue weighted by Crippen LogP contribution is -2.50. The minimum Gasteiger partial charge on any atom is -0.493 e.